The van der Waals surface area contributed by atoms with Gasteiger partial charge in [-0.15, -0.1) is 0 Å². The van der Waals surface area contributed by atoms with Crippen molar-refractivity contribution in [3.8, 4) is 5.75 Å². The quantitative estimate of drug-likeness (QED) is 0.890. The Morgan fingerprint density at radius 3 is 2.65 bits per heavy atom. The van der Waals surface area contributed by atoms with E-state index in [4.69, 9.17) is 10.5 Å². The smallest absolute Gasteiger partial charge is 0.118 e. The molecule has 1 aliphatic rings. The van der Waals surface area contributed by atoms with Crippen molar-refractivity contribution in [2.24, 2.45) is 5.73 Å². The lowest BCUT2D eigenvalue weighted by atomic mass is 9.99. The highest BCUT2D eigenvalue weighted by molar-refractivity contribution is 5.29. The molecule has 0 aliphatic carbocycles. The summed E-state index contributed by atoms with van der Waals surface area (Å²) in [5.74, 6) is 0.893. The van der Waals surface area contributed by atoms with Crippen molar-refractivity contribution in [2.45, 2.75) is 24.9 Å². The number of nitrogens with zero attached hydrogens (tertiary/aromatic N) is 2. The maximum atomic E-state index is 6.03. The third-order valence-electron chi connectivity index (χ3n) is 4.39. The molecule has 0 amide bonds. The van der Waals surface area contributed by atoms with Gasteiger partial charge in [-0.1, -0.05) is 12.1 Å². The van der Waals surface area contributed by atoms with Gasteiger partial charge in [0.25, 0.3) is 0 Å². The normalized spacial score (nSPS) is 21.9. The Labute approximate surface area is 122 Å². The van der Waals surface area contributed by atoms with E-state index >= 15 is 0 Å². The molecule has 0 aromatic heterocycles. The fourth-order valence-corrected chi connectivity index (χ4v) is 3.09. The van der Waals surface area contributed by atoms with Crippen molar-refractivity contribution in [3.63, 3.8) is 0 Å². The molecule has 1 aromatic rings. The summed E-state index contributed by atoms with van der Waals surface area (Å²) in [6, 6.07) is 9.14. The summed E-state index contributed by atoms with van der Waals surface area (Å²) in [5, 5.41) is 0. The zero-order valence-corrected chi connectivity index (χ0v) is 12.9. The highest BCUT2D eigenvalue weighted by Gasteiger charge is 2.26. The molecule has 0 spiro atoms. The molecule has 1 saturated heterocycles. The monoisotopic (exact) mass is 277 g/mol. The first-order chi connectivity index (χ1) is 9.65. The SMILES string of the molecule is COc1ccc(C(CN)N(C)C2CCCN(C)C2)cc1. The highest BCUT2D eigenvalue weighted by Crippen LogP contribution is 2.25. The molecule has 4 heteroatoms. The van der Waals surface area contributed by atoms with Gasteiger partial charge in [0.1, 0.15) is 5.75 Å². The molecule has 0 radical (unpaired) electrons. The summed E-state index contributed by atoms with van der Waals surface area (Å²) in [6.45, 7) is 2.98. The predicted molar refractivity (Wildman–Crippen MR) is 83.1 cm³/mol. The van der Waals surface area contributed by atoms with E-state index in [0.717, 1.165) is 12.3 Å². The molecule has 1 heterocycles. The first-order valence-corrected chi connectivity index (χ1v) is 7.40. The van der Waals surface area contributed by atoms with Gasteiger partial charge in [0.15, 0.2) is 0 Å². The van der Waals surface area contributed by atoms with Gasteiger partial charge >= 0.3 is 0 Å². The molecule has 1 aromatic carbocycles. The number of ether oxygens (including phenoxy) is 1. The van der Waals surface area contributed by atoms with Crippen LogP contribution in [0.5, 0.6) is 5.75 Å². The van der Waals surface area contributed by atoms with Gasteiger partial charge in [0.2, 0.25) is 0 Å². The maximum Gasteiger partial charge on any atom is 0.118 e. The lowest BCUT2D eigenvalue weighted by molar-refractivity contribution is 0.101. The zero-order chi connectivity index (χ0) is 14.5. The zero-order valence-electron chi connectivity index (χ0n) is 12.9. The van der Waals surface area contributed by atoms with Gasteiger partial charge in [0.05, 0.1) is 7.11 Å². The van der Waals surface area contributed by atoms with Crippen LogP contribution in [0.1, 0.15) is 24.4 Å². The summed E-state index contributed by atoms with van der Waals surface area (Å²) in [7, 11) is 6.09. The first kappa shape index (κ1) is 15.3. The minimum atomic E-state index is 0.275. The third-order valence-corrected chi connectivity index (χ3v) is 4.39. The van der Waals surface area contributed by atoms with Crippen LogP contribution in [0, 0.1) is 0 Å². The van der Waals surface area contributed by atoms with Crippen molar-refractivity contribution in [1.82, 2.24) is 9.80 Å². The molecule has 2 rings (SSSR count). The van der Waals surface area contributed by atoms with Crippen molar-refractivity contribution in [1.29, 1.82) is 0 Å². The molecule has 2 N–H and O–H groups in total. The van der Waals surface area contributed by atoms with Gasteiger partial charge in [-0.2, -0.15) is 0 Å². The molecule has 112 valence electrons. The summed E-state index contributed by atoms with van der Waals surface area (Å²) in [6.07, 6.45) is 2.53. The van der Waals surface area contributed by atoms with Crippen LogP contribution in [-0.4, -0.2) is 56.7 Å². The van der Waals surface area contributed by atoms with Crippen LogP contribution >= 0.6 is 0 Å². The van der Waals surface area contributed by atoms with Crippen molar-refractivity contribution in [3.05, 3.63) is 29.8 Å². The molecular formula is C16H27N3O. The van der Waals surface area contributed by atoms with Crippen molar-refractivity contribution < 1.29 is 4.74 Å². The average molecular weight is 277 g/mol. The fraction of sp³-hybridized carbons (Fsp3) is 0.625. The van der Waals surface area contributed by atoms with E-state index in [9.17, 15) is 0 Å². The molecule has 0 bridgehead atoms. The van der Waals surface area contributed by atoms with E-state index in [1.165, 1.54) is 24.9 Å². The molecular weight excluding hydrogens is 250 g/mol. The van der Waals surface area contributed by atoms with Crippen LogP contribution in [0.4, 0.5) is 0 Å². The molecule has 1 aliphatic heterocycles. The standard InChI is InChI=1S/C16H27N3O/c1-18-10-4-5-14(12-18)19(2)16(11-17)13-6-8-15(20-3)9-7-13/h6-9,14,16H,4-5,10-12,17H2,1-3H3. The molecule has 1 fully saturated rings. The number of methoxy groups -OCH3 is 1. The van der Waals surface area contributed by atoms with Gasteiger partial charge in [-0.3, -0.25) is 4.90 Å². The highest BCUT2D eigenvalue weighted by atomic mass is 16.5. The van der Waals surface area contributed by atoms with E-state index in [-0.39, 0.29) is 6.04 Å². The van der Waals surface area contributed by atoms with Crippen LogP contribution in [0.25, 0.3) is 0 Å². The number of hydrogen-bond acceptors (Lipinski definition) is 4. The summed E-state index contributed by atoms with van der Waals surface area (Å²) in [5.41, 5.74) is 7.30. The van der Waals surface area contributed by atoms with Crippen LogP contribution in [0.3, 0.4) is 0 Å². The molecule has 2 unspecified atom stereocenters. The van der Waals surface area contributed by atoms with Crippen LogP contribution in [-0.2, 0) is 0 Å². The predicted octanol–water partition coefficient (Wildman–Crippen LogP) is 1.72. The molecule has 0 saturated carbocycles. The second kappa shape index (κ2) is 7.07. The van der Waals surface area contributed by atoms with Crippen LogP contribution in [0.2, 0.25) is 0 Å². The largest absolute Gasteiger partial charge is 0.497 e. The van der Waals surface area contributed by atoms with Gasteiger partial charge < -0.3 is 15.4 Å². The van der Waals surface area contributed by atoms with Crippen LogP contribution in [0.15, 0.2) is 24.3 Å². The Morgan fingerprint density at radius 1 is 1.40 bits per heavy atom. The number of nitrogens with two attached hydrogens (primary N) is 1. The second-order valence-corrected chi connectivity index (χ2v) is 5.75. The first-order valence-electron chi connectivity index (χ1n) is 7.40. The van der Waals surface area contributed by atoms with Crippen LogP contribution < -0.4 is 10.5 Å². The number of benzene rings is 1. The summed E-state index contributed by atoms with van der Waals surface area (Å²) in [4.78, 5) is 4.85. The lowest BCUT2D eigenvalue weighted by Crippen LogP contribution is -2.47. The number of likely N-dealkylation sites (N-methyl/N-ethyl adjacent to an activating group) is 2. The Balaban J connectivity index is 2.09. The Kier molecular flexibility index (Phi) is 5.40. The summed E-state index contributed by atoms with van der Waals surface area (Å²) >= 11 is 0. The third kappa shape index (κ3) is 3.51. The maximum absolute atomic E-state index is 6.03. The molecule has 4 nitrogen and oxygen atoms in total. The Morgan fingerprint density at radius 2 is 2.10 bits per heavy atom. The Hall–Kier alpha value is -1.10. The summed E-state index contributed by atoms with van der Waals surface area (Å²) < 4.78 is 5.22. The minimum absolute atomic E-state index is 0.275. The molecule has 20 heavy (non-hydrogen) atoms. The number of likely N-dealkylation sites (tertiary alicyclic amines) is 1. The van der Waals surface area contributed by atoms with Gasteiger partial charge in [0, 0.05) is 25.2 Å². The van der Waals surface area contributed by atoms with Crippen molar-refractivity contribution >= 4 is 0 Å². The average Bonchev–Trinajstić information content (AvgIpc) is 2.48. The van der Waals surface area contributed by atoms with E-state index in [2.05, 4.69) is 36.0 Å². The lowest BCUT2D eigenvalue weighted by Gasteiger charge is -2.40. The number of hydrogen-bond donors (Lipinski definition) is 1. The number of piperidine rings is 1. The van der Waals surface area contributed by atoms with Gasteiger partial charge in [-0.25, -0.2) is 0 Å². The second-order valence-electron chi connectivity index (χ2n) is 5.75. The topological polar surface area (TPSA) is 41.7 Å². The van der Waals surface area contributed by atoms with E-state index in [1.807, 2.05) is 12.1 Å². The minimum Gasteiger partial charge on any atom is -0.497 e. The fourth-order valence-electron chi connectivity index (χ4n) is 3.09. The van der Waals surface area contributed by atoms with E-state index in [1.54, 1.807) is 7.11 Å². The van der Waals surface area contributed by atoms with Gasteiger partial charge in [-0.05, 0) is 51.2 Å². The number of rotatable bonds is 5. The van der Waals surface area contributed by atoms with Crippen molar-refractivity contribution in [2.75, 3.05) is 40.8 Å². The molecule has 2 atom stereocenters. The Bertz CT molecular complexity index is 407. The van der Waals surface area contributed by atoms with E-state index < -0.39 is 0 Å². The van der Waals surface area contributed by atoms with E-state index in [0.29, 0.717) is 12.6 Å².